The summed E-state index contributed by atoms with van der Waals surface area (Å²) < 4.78 is 15.7. The van der Waals surface area contributed by atoms with Gasteiger partial charge in [-0.05, 0) is 61.8 Å². The van der Waals surface area contributed by atoms with Crippen LogP contribution in [0.1, 0.15) is 101 Å². The highest BCUT2D eigenvalue weighted by molar-refractivity contribution is 5.68. The third-order valence-electron chi connectivity index (χ3n) is 6.88. The molecule has 0 bridgehead atoms. The van der Waals surface area contributed by atoms with E-state index in [1.54, 1.807) is 4.90 Å². The second-order valence-electron chi connectivity index (χ2n) is 15.7. The normalized spacial score (nSPS) is 18.4. The van der Waals surface area contributed by atoms with Crippen LogP contribution in [0.5, 0.6) is 0 Å². The number of carbonyl (C=O) groups is 3. The van der Waals surface area contributed by atoms with E-state index >= 15 is 0 Å². The van der Waals surface area contributed by atoms with Gasteiger partial charge in [-0.2, -0.15) is 0 Å². The van der Waals surface area contributed by atoms with Crippen molar-refractivity contribution in [1.29, 1.82) is 0 Å². The minimum absolute atomic E-state index is 0.0439. The molecule has 0 radical (unpaired) electrons. The third kappa shape index (κ3) is 19.6. The summed E-state index contributed by atoms with van der Waals surface area (Å²) in [5, 5.41) is 0. The Morgan fingerprint density at radius 1 is 0.442 bits per heavy atom. The second kappa shape index (κ2) is 18.5. The average molecular weight is 613 g/mol. The van der Waals surface area contributed by atoms with Crippen molar-refractivity contribution in [2.45, 2.75) is 101 Å². The van der Waals surface area contributed by atoms with E-state index in [2.05, 4.69) is 74.3 Å². The molecule has 0 spiro atoms. The molecule has 10 heteroatoms. The van der Waals surface area contributed by atoms with Crippen molar-refractivity contribution in [3.8, 4) is 0 Å². The van der Waals surface area contributed by atoms with Gasteiger partial charge in [0.1, 0.15) is 0 Å². The Hall–Kier alpha value is -2.23. The van der Waals surface area contributed by atoms with Crippen molar-refractivity contribution in [3.05, 3.63) is 0 Å². The summed E-state index contributed by atoms with van der Waals surface area (Å²) in [5.74, 6) is 0. The molecule has 3 fully saturated rings. The van der Waals surface area contributed by atoms with Crippen LogP contribution in [-0.2, 0) is 14.2 Å². The van der Waals surface area contributed by atoms with Crippen LogP contribution in [0, 0.1) is 16.2 Å². The summed E-state index contributed by atoms with van der Waals surface area (Å²) in [6, 6.07) is 0. The van der Waals surface area contributed by atoms with Gasteiger partial charge in [-0.15, -0.1) is 0 Å². The maximum absolute atomic E-state index is 11.6. The zero-order valence-corrected chi connectivity index (χ0v) is 29.3. The number of nitrogens with zero attached hydrogens (tertiary/aromatic N) is 4. The van der Waals surface area contributed by atoms with Crippen molar-refractivity contribution in [2.24, 2.45) is 16.2 Å². The first-order valence-corrected chi connectivity index (χ1v) is 16.3. The summed E-state index contributed by atoms with van der Waals surface area (Å²) in [5.41, 5.74) is 0.166. The first kappa shape index (κ1) is 38.8. The van der Waals surface area contributed by atoms with Crippen LogP contribution in [0.15, 0.2) is 0 Å². The van der Waals surface area contributed by atoms with E-state index in [9.17, 15) is 14.4 Å². The fraction of sp³-hybridized carbons (Fsp3) is 0.909. The maximum atomic E-state index is 11.6. The number of piperazine rings is 1. The molecular formula is C33H64N4O6. The molecule has 0 aromatic rings. The van der Waals surface area contributed by atoms with E-state index in [0.29, 0.717) is 19.8 Å². The summed E-state index contributed by atoms with van der Waals surface area (Å²) >= 11 is 0. The van der Waals surface area contributed by atoms with Crippen molar-refractivity contribution >= 4 is 18.3 Å². The molecule has 0 saturated carbocycles. The Kier molecular flexibility index (Phi) is 16.7. The molecular weight excluding hydrogens is 548 g/mol. The number of likely N-dealkylation sites (tertiary alicyclic amines) is 2. The van der Waals surface area contributed by atoms with Gasteiger partial charge in [0.25, 0.3) is 0 Å². The van der Waals surface area contributed by atoms with Crippen molar-refractivity contribution in [3.63, 3.8) is 0 Å². The minimum Gasteiger partial charge on any atom is -0.449 e. The first-order valence-electron chi connectivity index (χ1n) is 16.3. The predicted octanol–water partition coefficient (Wildman–Crippen LogP) is 6.73. The third-order valence-corrected chi connectivity index (χ3v) is 6.88. The molecule has 0 aromatic carbocycles. The topological polar surface area (TPSA) is 91.9 Å². The molecule has 3 rings (SSSR count). The summed E-state index contributed by atoms with van der Waals surface area (Å²) in [6.45, 7) is 26.9. The van der Waals surface area contributed by atoms with Crippen LogP contribution in [0.3, 0.4) is 0 Å². The van der Waals surface area contributed by atoms with Crippen LogP contribution in [0.25, 0.3) is 0 Å². The number of amides is 3. The van der Waals surface area contributed by atoms with E-state index in [4.69, 9.17) is 14.2 Å². The second-order valence-corrected chi connectivity index (χ2v) is 15.7. The monoisotopic (exact) mass is 612 g/mol. The van der Waals surface area contributed by atoms with E-state index in [1.165, 1.54) is 12.8 Å². The predicted molar refractivity (Wildman–Crippen MR) is 172 cm³/mol. The van der Waals surface area contributed by atoms with Crippen LogP contribution < -0.4 is 0 Å². The van der Waals surface area contributed by atoms with E-state index < -0.39 is 0 Å². The number of ether oxygens (including phenoxy) is 3. The number of hydrogen-bond acceptors (Lipinski definition) is 7. The Labute approximate surface area is 262 Å². The van der Waals surface area contributed by atoms with Gasteiger partial charge in [0.05, 0.1) is 19.8 Å². The standard InChI is InChI=1S/C11H22N2O2.2C11H21NO2/c1-11(2,3)9-15-10(14)13-7-5-12(4)6-8-13;2*1-11(2,3)9-14-10(13)12-7-5-4-6-8-12/h5-9H2,1-4H3;2*4-9H2,1-3H3. The lowest BCUT2D eigenvalue weighted by Gasteiger charge is -2.32. The van der Waals surface area contributed by atoms with Crippen LogP contribution in [-0.4, -0.2) is 117 Å². The highest BCUT2D eigenvalue weighted by atomic mass is 16.6. The molecule has 0 unspecified atom stereocenters. The van der Waals surface area contributed by atoms with Crippen LogP contribution >= 0.6 is 0 Å². The lowest BCUT2D eigenvalue weighted by molar-refractivity contribution is 0.0583. The molecule has 0 atom stereocenters. The van der Waals surface area contributed by atoms with Crippen molar-refractivity contribution < 1.29 is 28.6 Å². The van der Waals surface area contributed by atoms with Gasteiger partial charge in [0, 0.05) is 52.4 Å². The van der Waals surface area contributed by atoms with Crippen molar-refractivity contribution in [1.82, 2.24) is 19.6 Å². The van der Waals surface area contributed by atoms with Crippen LogP contribution in [0.2, 0.25) is 0 Å². The fourth-order valence-corrected chi connectivity index (χ4v) is 4.25. The van der Waals surface area contributed by atoms with Gasteiger partial charge in [-0.25, -0.2) is 14.4 Å². The molecule has 3 heterocycles. The molecule has 3 aliphatic heterocycles. The molecule has 3 aliphatic rings. The zero-order chi connectivity index (χ0) is 32.7. The highest BCUT2D eigenvalue weighted by Gasteiger charge is 2.23. The Balaban J connectivity index is 0.000000323. The summed E-state index contributed by atoms with van der Waals surface area (Å²) in [7, 11) is 2.07. The summed E-state index contributed by atoms with van der Waals surface area (Å²) in [6.07, 6.45) is 6.49. The van der Waals surface area contributed by atoms with Gasteiger partial charge in [-0.1, -0.05) is 62.3 Å². The quantitative estimate of drug-likeness (QED) is 0.327. The van der Waals surface area contributed by atoms with E-state index in [-0.39, 0.29) is 34.5 Å². The molecule has 0 aromatic heterocycles. The minimum atomic E-state index is -0.168. The van der Waals surface area contributed by atoms with Gasteiger partial charge in [0.2, 0.25) is 0 Å². The van der Waals surface area contributed by atoms with Gasteiger partial charge >= 0.3 is 18.3 Å². The van der Waals surface area contributed by atoms with Crippen LogP contribution in [0.4, 0.5) is 14.4 Å². The van der Waals surface area contributed by atoms with E-state index in [1.807, 2.05) is 9.80 Å². The molecule has 252 valence electrons. The van der Waals surface area contributed by atoms with E-state index in [0.717, 1.165) is 78.0 Å². The average Bonchev–Trinajstić information content (AvgIpc) is 2.94. The number of rotatable bonds is 3. The molecule has 0 aliphatic carbocycles. The molecule has 0 N–H and O–H groups in total. The first-order chi connectivity index (χ1) is 19.9. The SMILES string of the molecule is CC(C)(C)COC(=O)N1CCCCC1.CC(C)(C)COC(=O)N1CCCCC1.CN1CCN(C(=O)OCC(C)(C)C)CC1. The Morgan fingerprint density at radius 3 is 0.953 bits per heavy atom. The summed E-state index contributed by atoms with van der Waals surface area (Å²) in [4.78, 5) is 42.4. The molecule has 43 heavy (non-hydrogen) atoms. The lowest BCUT2D eigenvalue weighted by atomic mass is 9.99. The number of carbonyl (C=O) groups excluding carboxylic acids is 3. The molecule has 10 nitrogen and oxygen atoms in total. The van der Waals surface area contributed by atoms with Gasteiger partial charge < -0.3 is 33.8 Å². The smallest absolute Gasteiger partial charge is 0.409 e. The van der Waals surface area contributed by atoms with Gasteiger partial charge in [-0.3, -0.25) is 0 Å². The molecule has 3 saturated heterocycles. The number of hydrogen-bond donors (Lipinski definition) is 0. The van der Waals surface area contributed by atoms with Crippen molar-refractivity contribution in [2.75, 3.05) is 79.2 Å². The fourth-order valence-electron chi connectivity index (χ4n) is 4.25. The highest BCUT2D eigenvalue weighted by Crippen LogP contribution is 2.17. The lowest BCUT2D eigenvalue weighted by Crippen LogP contribution is -2.47. The largest absolute Gasteiger partial charge is 0.449 e. The Bertz CT molecular complexity index is 767. The van der Waals surface area contributed by atoms with Gasteiger partial charge in [0.15, 0.2) is 0 Å². The zero-order valence-electron chi connectivity index (χ0n) is 29.3. The number of piperidine rings is 2. The maximum Gasteiger partial charge on any atom is 0.409 e. The molecule has 3 amide bonds. The Morgan fingerprint density at radius 2 is 0.698 bits per heavy atom. The number of likely N-dealkylation sites (N-methyl/N-ethyl adjacent to an activating group) is 1.